The van der Waals surface area contributed by atoms with E-state index in [1.54, 1.807) is 0 Å². The summed E-state index contributed by atoms with van der Waals surface area (Å²) in [6.07, 6.45) is 0. The van der Waals surface area contributed by atoms with Crippen molar-refractivity contribution in [3.8, 4) is 0 Å². The maximum Gasteiger partial charge on any atom is 0.446 e. The van der Waals surface area contributed by atoms with Crippen molar-refractivity contribution in [1.82, 2.24) is 5.32 Å². The highest BCUT2D eigenvalue weighted by molar-refractivity contribution is 8.00. The van der Waals surface area contributed by atoms with E-state index in [0.717, 1.165) is 24.3 Å². The molecule has 30 heavy (non-hydrogen) atoms. The van der Waals surface area contributed by atoms with Crippen LogP contribution in [0.5, 0.6) is 0 Å². The van der Waals surface area contributed by atoms with Gasteiger partial charge in [-0.1, -0.05) is 13.8 Å². The van der Waals surface area contributed by atoms with E-state index in [9.17, 15) is 26.7 Å². The second kappa shape index (κ2) is 13.3. The van der Waals surface area contributed by atoms with Crippen molar-refractivity contribution in [2.75, 3.05) is 6.73 Å². The van der Waals surface area contributed by atoms with Gasteiger partial charge >= 0.3 is 5.51 Å². The number of nitrogens with one attached hydrogen (secondary N) is 3. The summed E-state index contributed by atoms with van der Waals surface area (Å²) in [4.78, 5) is 11.8. The van der Waals surface area contributed by atoms with Gasteiger partial charge in [0.05, 0.1) is 5.56 Å². The number of hydrogen-bond donors (Lipinski definition) is 3. The summed E-state index contributed by atoms with van der Waals surface area (Å²) < 4.78 is 67.8. The molecular weight excluding hydrogens is 429 g/mol. The molecule has 2 rings (SSSR count). The third-order valence-electron chi connectivity index (χ3n) is 2.98. The molecular formula is C19H20F5N3O2S. The Labute approximate surface area is 174 Å². The third-order valence-corrected chi connectivity index (χ3v) is 3.71. The fourth-order valence-corrected chi connectivity index (χ4v) is 2.37. The first-order valence-corrected chi connectivity index (χ1v) is 9.13. The number of carbonyl (C=O) groups is 1. The van der Waals surface area contributed by atoms with Gasteiger partial charge in [-0.05, 0) is 54.9 Å². The van der Waals surface area contributed by atoms with Gasteiger partial charge in [0.15, 0.2) is 6.73 Å². The van der Waals surface area contributed by atoms with E-state index in [-0.39, 0.29) is 27.8 Å². The van der Waals surface area contributed by atoms with Crippen molar-refractivity contribution in [2.24, 2.45) is 0 Å². The van der Waals surface area contributed by atoms with E-state index in [2.05, 4.69) is 12.0 Å². The number of ether oxygens (including phenoxy) is 1. The number of alkyl halides is 3. The van der Waals surface area contributed by atoms with Crippen molar-refractivity contribution in [3.63, 3.8) is 0 Å². The highest BCUT2D eigenvalue weighted by Crippen LogP contribution is 2.36. The maximum atomic E-state index is 13.5. The summed E-state index contributed by atoms with van der Waals surface area (Å²) in [6.45, 7) is 6.02. The van der Waals surface area contributed by atoms with Crippen molar-refractivity contribution >= 4 is 30.3 Å². The number of thioether (sulfide) groups is 1. The average Bonchev–Trinajstić information content (AvgIpc) is 2.70. The number of halogens is 5. The maximum absolute atomic E-state index is 13.5. The zero-order valence-corrected chi connectivity index (χ0v) is 16.9. The Balaban J connectivity index is 0.00000198. The molecule has 0 aliphatic rings. The van der Waals surface area contributed by atoms with Gasteiger partial charge in [0.2, 0.25) is 5.90 Å². The van der Waals surface area contributed by atoms with Crippen LogP contribution in [-0.4, -0.2) is 30.8 Å². The normalized spacial score (nSPS) is 9.97. The molecule has 0 heterocycles. The number of carbonyl (C=O) groups excluding carboxylic acids is 1. The van der Waals surface area contributed by atoms with Crippen LogP contribution in [0.1, 0.15) is 29.8 Å². The van der Waals surface area contributed by atoms with Crippen molar-refractivity contribution in [3.05, 3.63) is 65.2 Å². The summed E-state index contributed by atoms with van der Waals surface area (Å²) in [6, 6.07) is 7.25. The van der Waals surface area contributed by atoms with Crippen molar-refractivity contribution in [2.45, 2.75) is 24.3 Å². The molecule has 0 bridgehead atoms. The minimum Gasteiger partial charge on any atom is -0.456 e. The first kappa shape index (κ1) is 27.0. The molecule has 0 unspecified atom stereocenters. The van der Waals surface area contributed by atoms with Crippen LogP contribution in [0.2, 0.25) is 0 Å². The molecule has 1 amide bonds. The van der Waals surface area contributed by atoms with Crippen LogP contribution in [0.4, 0.5) is 22.0 Å². The zero-order chi connectivity index (χ0) is 23.3. The highest BCUT2D eigenvalue weighted by Gasteiger charge is 2.29. The molecule has 2 aromatic carbocycles. The Morgan fingerprint density at radius 1 is 1.10 bits per heavy atom. The molecule has 0 spiro atoms. The second-order valence-corrected chi connectivity index (χ2v) is 5.96. The van der Waals surface area contributed by atoms with Gasteiger partial charge in [-0.15, -0.1) is 0 Å². The Morgan fingerprint density at radius 3 is 2.17 bits per heavy atom. The van der Waals surface area contributed by atoms with E-state index < -0.39 is 35.7 Å². The molecule has 0 saturated heterocycles. The lowest BCUT2D eigenvalue weighted by Crippen LogP contribution is -2.28. The molecule has 0 aliphatic carbocycles. The number of rotatable bonds is 5. The first-order valence-electron chi connectivity index (χ1n) is 8.32. The quantitative estimate of drug-likeness (QED) is 0.183. The standard InChI is InChI=1S/C16H11F5N2O2S.C2H6.CH3N/c17-10-3-6-12(13(18)7-10)14(22)25-8-23-15(24)9-1-4-11(5-2-9)26-16(19,20)21;2*1-2/h1-7,22H,8H2,(H,23,24);1-2H3;2H,1H2. The van der Waals surface area contributed by atoms with E-state index >= 15 is 0 Å². The smallest absolute Gasteiger partial charge is 0.446 e. The fourth-order valence-electron chi connectivity index (χ4n) is 1.84. The zero-order valence-electron chi connectivity index (χ0n) is 16.1. The van der Waals surface area contributed by atoms with Crippen LogP contribution in [0.3, 0.4) is 0 Å². The minimum atomic E-state index is -4.42. The van der Waals surface area contributed by atoms with E-state index in [0.29, 0.717) is 6.07 Å². The molecule has 0 radical (unpaired) electrons. The molecule has 164 valence electrons. The van der Waals surface area contributed by atoms with E-state index in [1.165, 1.54) is 12.1 Å². The Bertz CT molecular complexity index is 830. The molecule has 11 heteroatoms. The monoisotopic (exact) mass is 449 g/mol. The number of hydrogen-bond acceptors (Lipinski definition) is 5. The summed E-state index contributed by atoms with van der Waals surface area (Å²) in [5.74, 6) is -3.06. The lowest BCUT2D eigenvalue weighted by Gasteiger charge is -2.10. The second-order valence-electron chi connectivity index (χ2n) is 4.82. The Kier molecular flexibility index (Phi) is 12.0. The van der Waals surface area contributed by atoms with Crippen LogP contribution in [0.25, 0.3) is 0 Å². The van der Waals surface area contributed by atoms with Gasteiger partial charge in [-0.2, -0.15) is 13.2 Å². The van der Waals surface area contributed by atoms with Gasteiger partial charge < -0.3 is 15.5 Å². The highest BCUT2D eigenvalue weighted by atomic mass is 32.2. The molecule has 3 N–H and O–H groups in total. The van der Waals surface area contributed by atoms with Gasteiger partial charge in [-0.25, -0.2) is 8.78 Å². The predicted octanol–water partition coefficient (Wildman–Crippen LogP) is 5.60. The lowest BCUT2D eigenvalue weighted by atomic mass is 10.2. The largest absolute Gasteiger partial charge is 0.456 e. The topological polar surface area (TPSA) is 86.0 Å². The summed E-state index contributed by atoms with van der Waals surface area (Å²) in [5.41, 5.74) is -4.62. The summed E-state index contributed by atoms with van der Waals surface area (Å²) >= 11 is -0.304. The van der Waals surface area contributed by atoms with Crippen LogP contribution in [0.15, 0.2) is 47.4 Å². The van der Waals surface area contributed by atoms with Crippen molar-refractivity contribution in [1.29, 1.82) is 10.8 Å². The molecule has 0 aliphatic heterocycles. The Morgan fingerprint density at radius 2 is 1.67 bits per heavy atom. The average molecular weight is 449 g/mol. The van der Waals surface area contributed by atoms with Gasteiger partial charge in [0.1, 0.15) is 11.6 Å². The third kappa shape index (κ3) is 9.50. The van der Waals surface area contributed by atoms with Crippen LogP contribution in [0, 0.1) is 22.5 Å². The lowest BCUT2D eigenvalue weighted by molar-refractivity contribution is -0.0328. The van der Waals surface area contributed by atoms with Crippen LogP contribution in [-0.2, 0) is 4.74 Å². The van der Waals surface area contributed by atoms with Crippen LogP contribution >= 0.6 is 11.8 Å². The van der Waals surface area contributed by atoms with Gasteiger partial charge in [0, 0.05) is 16.5 Å². The SMILES string of the molecule is C=N.CC.N=C(OCNC(=O)c1ccc(SC(F)(F)F)cc1)c1ccc(F)cc1F. The number of amides is 1. The predicted molar refractivity (Wildman–Crippen MR) is 106 cm³/mol. The number of benzene rings is 2. The van der Waals surface area contributed by atoms with Crippen LogP contribution < -0.4 is 5.32 Å². The van der Waals surface area contributed by atoms with E-state index in [1.807, 2.05) is 13.8 Å². The molecule has 2 aromatic rings. The Hall–Kier alpha value is -2.95. The van der Waals surface area contributed by atoms with Crippen molar-refractivity contribution < 1.29 is 31.5 Å². The van der Waals surface area contributed by atoms with E-state index in [4.69, 9.17) is 15.6 Å². The molecule has 5 nitrogen and oxygen atoms in total. The first-order chi connectivity index (χ1) is 14.2. The fraction of sp³-hybridized carbons (Fsp3) is 0.211. The molecule has 0 aromatic heterocycles. The summed E-state index contributed by atoms with van der Waals surface area (Å²) in [7, 11) is 0. The molecule has 0 saturated carbocycles. The van der Waals surface area contributed by atoms with Gasteiger partial charge in [0.25, 0.3) is 5.91 Å². The summed E-state index contributed by atoms with van der Waals surface area (Å²) in [5, 5.41) is 15.3. The molecule has 0 atom stereocenters. The van der Waals surface area contributed by atoms with Gasteiger partial charge in [-0.3, -0.25) is 10.2 Å². The molecule has 0 fully saturated rings. The minimum absolute atomic E-state index is 0.0705.